The van der Waals surface area contributed by atoms with Crippen molar-refractivity contribution in [2.24, 2.45) is 5.41 Å². The smallest absolute Gasteiger partial charge is 0.319 e. The van der Waals surface area contributed by atoms with Crippen LogP contribution in [0.2, 0.25) is 0 Å². The molecule has 47 heavy (non-hydrogen) atoms. The topological polar surface area (TPSA) is 107 Å². The molecule has 0 amide bonds. The van der Waals surface area contributed by atoms with Gasteiger partial charge in [-0.05, 0) is 67.3 Å². The van der Waals surface area contributed by atoms with Crippen molar-refractivity contribution in [2.45, 2.75) is 44.2 Å². The van der Waals surface area contributed by atoms with Crippen LogP contribution in [0, 0.1) is 40.7 Å². The number of hydrogen-bond acceptors (Lipinski definition) is 9. The first-order valence-corrected chi connectivity index (χ1v) is 16.2. The lowest BCUT2D eigenvalue weighted by Crippen LogP contribution is -2.51. The third-order valence-corrected chi connectivity index (χ3v) is 10.1. The Labute approximate surface area is 271 Å². The van der Waals surface area contributed by atoms with E-state index in [4.69, 9.17) is 20.9 Å². The van der Waals surface area contributed by atoms with Gasteiger partial charge in [0.15, 0.2) is 5.82 Å². The summed E-state index contributed by atoms with van der Waals surface area (Å²) < 4.78 is 44.0. The summed E-state index contributed by atoms with van der Waals surface area (Å²) in [5, 5.41) is 25.6. The highest BCUT2D eigenvalue weighted by atomic mass is 19.1. The van der Waals surface area contributed by atoms with E-state index >= 15 is 4.39 Å². The van der Waals surface area contributed by atoms with Gasteiger partial charge in [0.25, 0.3) is 0 Å². The maximum Gasteiger partial charge on any atom is 0.319 e. The van der Waals surface area contributed by atoms with Crippen LogP contribution < -0.4 is 15.0 Å². The van der Waals surface area contributed by atoms with Crippen molar-refractivity contribution in [3.63, 3.8) is 0 Å². The number of rotatable bonds is 7. The van der Waals surface area contributed by atoms with Crippen LogP contribution in [-0.4, -0.2) is 78.2 Å². The summed E-state index contributed by atoms with van der Waals surface area (Å²) in [4.78, 5) is 13.9. The SMILES string of the molecule is C#Cc1c(F)ccc2cc(O)cc(-c3c(C#N)cc4c(N5CC6CCC(C5)N6)nc(OCC5(CN6CCCOC6)CC5)nc4c3F)c12. The monoisotopic (exact) mass is 636 g/mol. The van der Waals surface area contributed by atoms with Crippen LogP contribution in [0.3, 0.4) is 0 Å². The molecule has 2 atom stereocenters. The molecule has 2 unspecified atom stereocenters. The number of phenols is 1. The summed E-state index contributed by atoms with van der Waals surface area (Å²) in [6.45, 7) is 4.94. The summed E-state index contributed by atoms with van der Waals surface area (Å²) in [6.07, 6.45) is 10.8. The molecule has 2 N–H and O–H groups in total. The second kappa shape index (κ2) is 11.6. The zero-order chi connectivity index (χ0) is 32.3. The molecule has 11 heteroatoms. The Balaban J connectivity index is 1.27. The Morgan fingerprint density at radius 1 is 1.15 bits per heavy atom. The van der Waals surface area contributed by atoms with Crippen LogP contribution in [0.4, 0.5) is 14.6 Å². The van der Waals surface area contributed by atoms with Crippen molar-refractivity contribution < 1.29 is 23.4 Å². The minimum atomic E-state index is -0.795. The summed E-state index contributed by atoms with van der Waals surface area (Å²) in [7, 11) is 0. The van der Waals surface area contributed by atoms with E-state index in [0.29, 0.717) is 43.0 Å². The molecule has 3 saturated heterocycles. The first-order chi connectivity index (χ1) is 22.8. The number of nitriles is 1. The van der Waals surface area contributed by atoms with Crippen molar-refractivity contribution in [3.05, 3.63) is 53.1 Å². The van der Waals surface area contributed by atoms with Crippen molar-refractivity contribution in [3.8, 4) is 41.3 Å². The highest BCUT2D eigenvalue weighted by molar-refractivity contribution is 6.05. The third-order valence-electron chi connectivity index (χ3n) is 10.1. The summed E-state index contributed by atoms with van der Waals surface area (Å²) in [5.41, 5.74) is -0.174. The maximum atomic E-state index is 17.1. The molecular weight excluding hydrogens is 602 g/mol. The fourth-order valence-corrected chi connectivity index (χ4v) is 7.57. The van der Waals surface area contributed by atoms with Crippen molar-refractivity contribution in [2.75, 3.05) is 51.0 Å². The largest absolute Gasteiger partial charge is 0.508 e. The summed E-state index contributed by atoms with van der Waals surface area (Å²) >= 11 is 0. The molecule has 0 radical (unpaired) electrons. The van der Waals surface area contributed by atoms with E-state index in [1.165, 1.54) is 24.3 Å². The standard InChI is InChI=1S/C36H34F2N6O3/c1-2-26-29(37)7-4-21-12-25(45)14-27(30(21)26)31-22(15-39)13-28-33(32(31)38)41-35(42-34(28)44-16-23-5-6-24(17-44)40-23)47-19-36(8-9-36)18-43-10-3-11-46-20-43/h1,4,7,12-14,23-24,40,45H,3,5-6,8-11,16-20H2. The Bertz CT molecular complexity index is 1980. The van der Waals surface area contributed by atoms with Crippen LogP contribution in [0.25, 0.3) is 32.8 Å². The number of aromatic hydroxyl groups is 1. The molecule has 4 aromatic rings. The lowest BCUT2D eigenvalue weighted by Gasteiger charge is -2.34. The van der Waals surface area contributed by atoms with Gasteiger partial charge in [0.2, 0.25) is 0 Å². The Morgan fingerprint density at radius 2 is 1.96 bits per heavy atom. The number of aromatic nitrogens is 2. The lowest BCUT2D eigenvalue weighted by molar-refractivity contribution is -0.0264. The van der Waals surface area contributed by atoms with Crippen LogP contribution >= 0.6 is 0 Å². The van der Waals surface area contributed by atoms with Crippen LogP contribution in [0.1, 0.15) is 43.2 Å². The van der Waals surface area contributed by atoms with Crippen LogP contribution in [0.15, 0.2) is 30.3 Å². The number of ether oxygens (including phenoxy) is 2. The molecule has 0 spiro atoms. The lowest BCUT2D eigenvalue weighted by atomic mass is 9.90. The highest BCUT2D eigenvalue weighted by Gasteiger charge is 2.45. The van der Waals surface area contributed by atoms with E-state index in [1.54, 1.807) is 6.07 Å². The fraction of sp³-hybridized carbons (Fsp3) is 0.417. The number of terminal acetylenes is 1. The fourth-order valence-electron chi connectivity index (χ4n) is 7.57. The van der Waals surface area contributed by atoms with E-state index in [9.17, 15) is 14.8 Å². The van der Waals surface area contributed by atoms with E-state index in [1.807, 2.05) is 0 Å². The maximum absolute atomic E-state index is 17.1. The molecule has 4 heterocycles. The average Bonchev–Trinajstić information content (AvgIpc) is 3.76. The van der Waals surface area contributed by atoms with Gasteiger partial charge in [0.1, 0.15) is 22.9 Å². The molecule has 1 saturated carbocycles. The minimum Gasteiger partial charge on any atom is -0.508 e. The molecule has 4 fully saturated rings. The summed E-state index contributed by atoms with van der Waals surface area (Å²) in [6, 6.07) is 9.74. The second-order valence-corrected chi connectivity index (χ2v) is 13.4. The first-order valence-electron chi connectivity index (χ1n) is 16.2. The van der Waals surface area contributed by atoms with E-state index < -0.39 is 11.6 Å². The predicted octanol–water partition coefficient (Wildman–Crippen LogP) is 5.07. The predicted molar refractivity (Wildman–Crippen MR) is 173 cm³/mol. The van der Waals surface area contributed by atoms with Crippen molar-refractivity contribution in [1.29, 1.82) is 5.26 Å². The van der Waals surface area contributed by atoms with E-state index in [0.717, 1.165) is 51.8 Å². The number of hydrogen-bond donors (Lipinski definition) is 2. The van der Waals surface area contributed by atoms with Gasteiger partial charge < -0.3 is 24.8 Å². The first kappa shape index (κ1) is 29.8. The van der Waals surface area contributed by atoms with Crippen LogP contribution in [-0.2, 0) is 4.74 Å². The molecule has 3 aromatic carbocycles. The zero-order valence-electron chi connectivity index (χ0n) is 25.9. The van der Waals surface area contributed by atoms with Crippen molar-refractivity contribution >= 4 is 27.5 Å². The molecule has 1 aromatic heterocycles. The average molecular weight is 637 g/mol. The number of nitrogens with one attached hydrogen (secondary N) is 1. The Hall–Kier alpha value is -4.55. The highest BCUT2D eigenvalue weighted by Crippen LogP contribution is 2.47. The Kier molecular flexibility index (Phi) is 7.36. The van der Waals surface area contributed by atoms with E-state index in [2.05, 4.69) is 32.1 Å². The molecule has 3 aliphatic heterocycles. The molecule has 2 bridgehead atoms. The molecule has 9 nitrogen and oxygen atoms in total. The summed E-state index contributed by atoms with van der Waals surface area (Å²) in [5.74, 6) is 1.25. The van der Waals surface area contributed by atoms with E-state index in [-0.39, 0.29) is 62.4 Å². The van der Waals surface area contributed by atoms with Gasteiger partial charge in [-0.2, -0.15) is 15.2 Å². The van der Waals surface area contributed by atoms with Gasteiger partial charge in [-0.15, -0.1) is 6.42 Å². The number of piperazine rings is 1. The number of nitrogens with zero attached hydrogens (tertiary/aromatic N) is 5. The minimum absolute atomic E-state index is 0.00792. The number of halogens is 2. The molecule has 8 rings (SSSR count). The number of fused-ring (bicyclic) bond motifs is 4. The van der Waals surface area contributed by atoms with Gasteiger partial charge in [-0.3, -0.25) is 4.90 Å². The van der Waals surface area contributed by atoms with Crippen LogP contribution in [0.5, 0.6) is 11.8 Å². The normalized spacial score (nSPS) is 21.9. The molecular formula is C36H34F2N6O3. The number of benzene rings is 3. The molecule has 4 aliphatic rings. The second-order valence-electron chi connectivity index (χ2n) is 13.4. The molecule has 240 valence electrons. The number of anilines is 1. The Morgan fingerprint density at radius 3 is 2.66 bits per heavy atom. The van der Waals surface area contributed by atoms with Gasteiger partial charge in [-0.25, -0.2) is 8.78 Å². The van der Waals surface area contributed by atoms with Crippen molar-refractivity contribution in [1.82, 2.24) is 20.2 Å². The quantitative estimate of drug-likeness (QED) is 0.269. The van der Waals surface area contributed by atoms with Gasteiger partial charge in [-0.1, -0.05) is 12.0 Å². The van der Waals surface area contributed by atoms with Gasteiger partial charge in [0, 0.05) is 66.6 Å². The zero-order valence-corrected chi connectivity index (χ0v) is 25.9. The third kappa shape index (κ3) is 5.39. The van der Waals surface area contributed by atoms with Gasteiger partial charge in [0.05, 0.1) is 30.5 Å². The van der Waals surface area contributed by atoms with Gasteiger partial charge >= 0.3 is 6.01 Å². The molecule has 1 aliphatic carbocycles. The number of phenolic OH excluding ortho intramolecular Hbond substituents is 1.